The van der Waals surface area contributed by atoms with Crippen LogP contribution in [0.25, 0.3) is 16.6 Å². The Balaban J connectivity index is 2.28. The van der Waals surface area contributed by atoms with Gasteiger partial charge in [0.1, 0.15) is 6.33 Å². The largest absolute Gasteiger partial charge is 0.493 e. The average Bonchev–Trinajstić information content (AvgIpc) is 2.60. The fraction of sp³-hybridized carbons (Fsp3) is 0.375. The summed E-state index contributed by atoms with van der Waals surface area (Å²) in [6.07, 6.45) is 1.36. The number of hydrogen-bond donors (Lipinski definition) is 0. The first-order valence-corrected chi connectivity index (χ1v) is 7.65. The first-order chi connectivity index (χ1) is 12.0. The standard InChI is InChI=1S/C16H19N5O4/c1-19(2)5-6-20-9-17-21-14(16(20)23)18-11-8-13(25-4)12(24-3)7-10(11)15(21)22/h7-9H,5-6H2,1-4H3. The zero-order chi connectivity index (χ0) is 18.1. The van der Waals surface area contributed by atoms with Gasteiger partial charge in [0.2, 0.25) is 5.65 Å². The van der Waals surface area contributed by atoms with Crippen molar-refractivity contribution in [3.63, 3.8) is 0 Å². The summed E-state index contributed by atoms with van der Waals surface area (Å²) in [5.41, 5.74) is -0.471. The van der Waals surface area contributed by atoms with Gasteiger partial charge < -0.3 is 14.4 Å². The van der Waals surface area contributed by atoms with Crippen LogP contribution in [0.5, 0.6) is 11.5 Å². The van der Waals surface area contributed by atoms with Gasteiger partial charge in [0.25, 0.3) is 11.1 Å². The van der Waals surface area contributed by atoms with Gasteiger partial charge in [-0.15, -0.1) is 0 Å². The minimum Gasteiger partial charge on any atom is -0.493 e. The molecule has 3 aromatic rings. The van der Waals surface area contributed by atoms with Crippen LogP contribution in [0.2, 0.25) is 0 Å². The van der Waals surface area contributed by atoms with E-state index in [0.29, 0.717) is 35.5 Å². The van der Waals surface area contributed by atoms with Crippen LogP contribution < -0.4 is 20.6 Å². The third kappa shape index (κ3) is 2.93. The molecular weight excluding hydrogens is 326 g/mol. The van der Waals surface area contributed by atoms with Crippen LogP contribution in [-0.2, 0) is 6.54 Å². The van der Waals surface area contributed by atoms with E-state index in [9.17, 15) is 9.59 Å². The van der Waals surface area contributed by atoms with Crippen LogP contribution in [0.15, 0.2) is 28.0 Å². The lowest BCUT2D eigenvalue weighted by atomic mass is 10.2. The van der Waals surface area contributed by atoms with Crippen LogP contribution in [0, 0.1) is 0 Å². The van der Waals surface area contributed by atoms with Crippen LogP contribution in [0.1, 0.15) is 0 Å². The first-order valence-electron chi connectivity index (χ1n) is 7.65. The quantitative estimate of drug-likeness (QED) is 0.600. The molecule has 9 heteroatoms. The van der Waals surface area contributed by atoms with E-state index in [1.54, 1.807) is 6.07 Å². The highest BCUT2D eigenvalue weighted by molar-refractivity contribution is 5.83. The summed E-state index contributed by atoms with van der Waals surface area (Å²) < 4.78 is 12.9. The predicted molar refractivity (Wildman–Crippen MR) is 92.7 cm³/mol. The number of aromatic nitrogens is 4. The van der Waals surface area contributed by atoms with Crippen molar-refractivity contribution in [1.82, 2.24) is 24.1 Å². The third-order valence-corrected chi connectivity index (χ3v) is 3.90. The molecule has 2 aromatic heterocycles. The molecule has 25 heavy (non-hydrogen) atoms. The fourth-order valence-corrected chi connectivity index (χ4v) is 2.51. The smallest absolute Gasteiger partial charge is 0.297 e. The van der Waals surface area contributed by atoms with E-state index in [-0.39, 0.29) is 11.2 Å². The summed E-state index contributed by atoms with van der Waals surface area (Å²) in [5, 5.41) is 4.38. The molecule has 9 nitrogen and oxygen atoms in total. The fourth-order valence-electron chi connectivity index (χ4n) is 2.51. The van der Waals surface area contributed by atoms with Crippen molar-refractivity contribution >= 4 is 16.6 Å². The number of ether oxygens (including phenoxy) is 2. The highest BCUT2D eigenvalue weighted by atomic mass is 16.5. The number of nitrogens with zero attached hydrogens (tertiary/aromatic N) is 5. The Morgan fingerprint density at radius 1 is 1.08 bits per heavy atom. The number of rotatable bonds is 5. The van der Waals surface area contributed by atoms with E-state index >= 15 is 0 Å². The van der Waals surface area contributed by atoms with Crippen molar-refractivity contribution in [2.75, 3.05) is 34.9 Å². The summed E-state index contributed by atoms with van der Waals surface area (Å²) in [5.74, 6) is 0.844. The second-order valence-corrected chi connectivity index (χ2v) is 5.81. The van der Waals surface area contributed by atoms with Gasteiger partial charge in [-0.1, -0.05) is 0 Å². The first kappa shape index (κ1) is 16.9. The summed E-state index contributed by atoms with van der Waals surface area (Å²) in [6, 6.07) is 3.11. The van der Waals surface area contributed by atoms with Crippen molar-refractivity contribution in [2.45, 2.75) is 6.54 Å². The third-order valence-electron chi connectivity index (χ3n) is 3.90. The van der Waals surface area contributed by atoms with Gasteiger partial charge in [0.05, 0.1) is 25.1 Å². The molecule has 0 saturated carbocycles. The summed E-state index contributed by atoms with van der Waals surface area (Å²) in [6.45, 7) is 1.12. The maximum Gasteiger partial charge on any atom is 0.297 e. The summed E-state index contributed by atoms with van der Waals surface area (Å²) in [7, 11) is 6.80. The minimum absolute atomic E-state index is 0.0222. The zero-order valence-corrected chi connectivity index (χ0v) is 14.5. The summed E-state index contributed by atoms with van der Waals surface area (Å²) in [4.78, 5) is 31.6. The Hall–Kier alpha value is -2.94. The normalized spacial score (nSPS) is 11.4. The molecule has 0 bridgehead atoms. The summed E-state index contributed by atoms with van der Waals surface area (Å²) >= 11 is 0. The van der Waals surface area contributed by atoms with Crippen LogP contribution in [-0.4, -0.2) is 58.9 Å². The Kier molecular flexibility index (Phi) is 4.41. The molecule has 3 rings (SSSR count). The molecule has 0 radical (unpaired) electrons. The van der Waals surface area contributed by atoms with Gasteiger partial charge in [-0.2, -0.15) is 9.61 Å². The number of fused-ring (bicyclic) bond motifs is 2. The molecule has 0 saturated heterocycles. The lowest BCUT2D eigenvalue weighted by Gasteiger charge is -2.12. The molecule has 0 aliphatic carbocycles. The molecule has 0 unspecified atom stereocenters. The second kappa shape index (κ2) is 6.52. The van der Waals surface area contributed by atoms with Crippen molar-refractivity contribution in [3.05, 3.63) is 39.2 Å². The number of likely N-dealkylation sites (N-methyl/N-ethyl adjacent to an activating group) is 1. The molecule has 2 heterocycles. The zero-order valence-electron chi connectivity index (χ0n) is 14.5. The Labute approximate surface area is 143 Å². The van der Waals surface area contributed by atoms with E-state index < -0.39 is 5.56 Å². The monoisotopic (exact) mass is 345 g/mol. The van der Waals surface area contributed by atoms with Crippen LogP contribution in [0.3, 0.4) is 0 Å². The molecule has 1 aromatic carbocycles. The van der Waals surface area contributed by atoms with Crippen LogP contribution >= 0.6 is 0 Å². The molecule has 0 atom stereocenters. The maximum absolute atomic E-state index is 12.7. The molecule has 0 amide bonds. The van der Waals surface area contributed by atoms with Gasteiger partial charge in [-0.25, -0.2) is 4.98 Å². The van der Waals surface area contributed by atoms with E-state index in [0.717, 1.165) is 4.52 Å². The van der Waals surface area contributed by atoms with E-state index in [4.69, 9.17) is 9.47 Å². The Bertz CT molecular complexity index is 1050. The predicted octanol–water partition coefficient (Wildman–Crippen LogP) is -0.0168. The molecule has 132 valence electrons. The van der Waals surface area contributed by atoms with Gasteiger partial charge in [-0.05, 0) is 20.2 Å². The molecule has 0 spiro atoms. The number of hydrogen-bond acceptors (Lipinski definition) is 7. The topological polar surface area (TPSA) is 91.0 Å². The van der Waals surface area contributed by atoms with E-state index in [2.05, 4.69) is 10.1 Å². The van der Waals surface area contributed by atoms with Crippen molar-refractivity contribution in [2.24, 2.45) is 0 Å². The molecule has 0 aliphatic heterocycles. The van der Waals surface area contributed by atoms with Gasteiger partial charge in [0.15, 0.2) is 11.5 Å². The molecule has 0 N–H and O–H groups in total. The Morgan fingerprint density at radius 3 is 2.40 bits per heavy atom. The van der Waals surface area contributed by atoms with E-state index in [1.807, 2.05) is 19.0 Å². The highest BCUT2D eigenvalue weighted by Crippen LogP contribution is 2.29. The van der Waals surface area contributed by atoms with Crippen molar-refractivity contribution in [1.29, 1.82) is 0 Å². The number of benzene rings is 1. The Morgan fingerprint density at radius 2 is 1.76 bits per heavy atom. The van der Waals surface area contributed by atoms with E-state index in [1.165, 1.54) is 31.2 Å². The molecular formula is C16H19N5O4. The van der Waals surface area contributed by atoms with Gasteiger partial charge in [-0.3, -0.25) is 14.2 Å². The van der Waals surface area contributed by atoms with Crippen LogP contribution in [0.4, 0.5) is 0 Å². The highest BCUT2D eigenvalue weighted by Gasteiger charge is 2.15. The maximum atomic E-state index is 12.7. The second-order valence-electron chi connectivity index (χ2n) is 5.81. The lowest BCUT2D eigenvalue weighted by molar-refractivity contribution is 0.355. The number of methoxy groups -OCH3 is 2. The van der Waals surface area contributed by atoms with Crippen molar-refractivity contribution < 1.29 is 9.47 Å². The minimum atomic E-state index is -0.433. The molecule has 0 aliphatic rings. The van der Waals surface area contributed by atoms with Gasteiger partial charge >= 0.3 is 0 Å². The average molecular weight is 345 g/mol. The molecule has 0 fully saturated rings. The SMILES string of the molecule is COc1cc2nc3c(=O)n(CCN(C)C)cnn3c(=O)c2cc1OC. The van der Waals surface area contributed by atoms with Gasteiger partial charge in [0, 0.05) is 19.2 Å². The van der Waals surface area contributed by atoms with Crippen molar-refractivity contribution in [3.8, 4) is 11.5 Å². The lowest BCUT2D eigenvalue weighted by Crippen LogP contribution is -2.32.